The number of piperazine rings is 1. The predicted molar refractivity (Wildman–Crippen MR) is 105 cm³/mol. The summed E-state index contributed by atoms with van der Waals surface area (Å²) in [5.74, 6) is -0.0341. The molecule has 1 fully saturated rings. The van der Waals surface area contributed by atoms with Gasteiger partial charge in [0, 0.05) is 31.6 Å². The van der Waals surface area contributed by atoms with Gasteiger partial charge in [-0.05, 0) is 34.7 Å². The van der Waals surface area contributed by atoms with Crippen molar-refractivity contribution in [1.29, 1.82) is 0 Å². The summed E-state index contributed by atoms with van der Waals surface area (Å²) in [7, 11) is 0. The first-order valence-electron chi connectivity index (χ1n) is 9.43. The number of rotatable bonds is 4. The lowest BCUT2D eigenvalue weighted by Crippen LogP contribution is -2.45. The van der Waals surface area contributed by atoms with Crippen molar-refractivity contribution in [3.8, 4) is 11.5 Å². The first-order chi connectivity index (χ1) is 13.9. The van der Waals surface area contributed by atoms with E-state index in [4.69, 9.17) is 0 Å². The van der Waals surface area contributed by atoms with Crippen LogP contribution in [0.15, 0.2) is 60.7 Å². The third kappa shape index (κ3) is 4.31. The van der Waals surface area contributed by atoms with Gasteiger partial charge in [-0.2, -0.15) is 0 Å². The zero-order valence-electron chi connectivity index (χ0n) is 15.6. The second-order valence-corrected chi connectivity index (χ2v) is 7.02. The highest BCUT2D eigenvalue weighted by molar-refractivity contribution is 5.91. The van der Waals surface area contributed by atoms with Crippen LogP contribution in [0, 0.1) is 0 Å². The van der Waals surface area contributed by atoms with Crippen LogP contribution >= 0.6 is 0 Å². The lowest BCUT2D eigenvalue weighted by atomic mass is 9.91. The average Bonchev–Trinajstić information content (AvgIpc) is 2.71. The zero-order chi connectivity index (χ0) is 20.4. The summed E-state index contributed by atoms with van der Waals surface area (Å²) in [4.78, 5) is 2.30. The number of phenolic OH excluding ortho intramolecular Hbond substituents is 1. The summed E-state index contributed by atoms with van der Waals surface area (Å²) < 4.78 is 41.5. The summed E-state index contributed by atoms with van der Waals surface area (Å²) in [6.07, 6.45) is -4.72. The number of fused-ring (bicyclic) bond motifs is 1. The van der Waals surface area contributed by atoms with Gasteiger partial charge < -0.3 is 15.2 Å². The fraction of sp³-hybridized carbons (Fsp3) is 0.273. The summed E-state index contributed by atoms with van der Waals surface area (Å²) >= 11 is 0. The molecule has 2 N–H and O–H groups in total. The highest BCUT2D eigenvalue weighted by Gasteiger charge is 2.31. The molecule has 4 rings (SSSR count). The van der Waals surface area contributed by atoms with Crippen LogP contribution in [0.4, 0.5) is 13.2 Å². The lowest BCUT2D eigenvalue weighted by molar-refractivity contribution is -0.274. The van der Waals surface area contributed by atoms with E-state index >= 15 is 0 Å². The highest BCUT2D eigenvalue weighted by Crippen LogP contribution is 2.37. The van der Waals surface area contributed by atoms with Gasteiger partial charge in [0.15, 0.2) is 0 Å². The van der Waals surface area contributed by atoms with E-state index in [1.807, 2.05) is 30.3 Å². The Balaban J connectivity index is 1.78. The van der Waals surface area contributed by atoms with E-state index in [9.17, 15) is 18.3 Å². The first kappa shape index (κ1) is 19.5. The van der Waals surface area contributed by atoms with Crippen LogP contribution in [0.1, 0.15) is 17.2 Å². The molecule has 29 heavy (non-hydrogen) atoms. The van der Waals surface area contributed by atoms with Crippen LogP contribution < -0.4 is 10.1 Å². The number of nitrogens with one attached hydrogen (secondary N) is 1. The van der Waals surface area contributed by atoms with Gasteiger partial charge >= 0.3 is 6.36 Å². The van der Waals surface area contributed by atoms with Gasteiger partial charge in [0.2, 0.25) is 0 Å². The molecule has 0 spiro atoms. The molecule has 0 bridgehead atoms. The summed E-state index contributed by atoms with van der Waals surface area (Å²) in [6.45, 7) is 3.28. The molecule has 1 aliphatic heterocycles. The molecule has 1 aliphatic rings. The van der Waals surface area contributed by atoms with Gasteiger partial charge in [0.05, 0.1) is 6.04 Å². The van der Waals surface area contributed by atoms with Gasteiger partial charge in [0.25, 0.3) is 0 Å². The Morgan fingerprint density at radius 3 is 2.21 bits per heavy atom. The fourth-order valence-electron chi connectivity index (χ4n) is 3.92. The van der Waals surface area contributed by atoms with Crippen molar-refractivity contribution in [2.45, 2.75) is 12.4 Å². The van der Waals surface area contributed by atoms with Crippen molar-refractivity contribution in [3.05, 3.63) is 71.8 Å². The molecule has 0 amide bonds. The van der Waals surface area contributed by atoms with Crippen molar-refractivity contribution >= 4 is 10.8 Å². The quantitative estimate of drug-likeness (QED) is 0.677. The number of ether oxygens (including phenoxy) is 1. The Hall–Kier alpha value is -2.77. The standard InChI is InChI=1S/C22H21F3N2O2/c23-22(24,25)29-16-7-5-15(6-8-16)21(27-13-11-26-12-14-27)19-9-10-20(28)18-4-2-1-3-17(18)19/h1-10,21,26,28H,11-14H2/t21-/m1/s1. The largest absolute Gasteiger partial charge is 0.573 e. The third-order valence-electron chi connectivity index (χ3n) is 5.18. The van der Waals surface area contributed by atoms with Gasteiger partial charge in [-0.15, -0.1) is 13.2 Å². The van der Waals surface area contributed by atoms with Gasteiger partial charge in [-0.25, -0.2) is 0 Å². The van der Waals surface area contributed by atoms with E-state index in [1.54, 1.807) is 18.2 Å². The van der Waals surface area contributed by atoms with Crippen LogP contribution in [0.25, 0.3) is 10.8 Å². The highest BCUT2D eigenvalue weighted by atomic mass is 19.4. The van der Waals surface area contributed by atoms with Crippen molar-refractivity contribution in [3.63, 3.8) is 0 Å². The smallest absolute Gasteiger partial charge is 0.507 e. The minimum Gasteiger partial charge on any atom is -0.507 e. The molecular weight excluding hydrogens is 381 g/mol. The maximum atomic E-state index is 12.5. The normalized spacial score (nSPS) is 16.7. The predicted octanol–water partition coefficient (Wildman–Crippen LogP) is 4.44. The third-order valence-corrected chi connectivity index (χ3v) is 5.18. The van der Waals surface area contributed by atoms with E-state index in [0.29, 0.717) is 0 Å². The molecule has 0 saturated carbocycles. The first-order valence-corrected chi connectivity index (χ1v) is 9.43. The monoisotopic (exact) mass is 402 g/mol. The number of alkyl halides is 3. The Kier molecular flexibility index (Phi) is 5.34. The molecule has 4 nitrogen and oxygen atoms in total. The van der Waals surface area contributed by atoms with E-state index < -0.39 is 6.36 Å². The summed E-state index contributed by atoms with van der Waals surface area (Å²) in [6, 6.07) is 17.1. The minimum atomic E-state index is -4.72. The molecule has 1 atom stereocenters. The molecule has 3 aromatic carbocycles. The van der Waals surface area contributed by atoms with Gasteiger partial charge in [0.1, 0.15) is 11.5 Å². The number of phenols is 1. The van der Waals surface area contributed by atoms with Crippen molar-refractivity contribution in [2.24, 2.45) is 0 Å². The Morgan fingerprint density at radius 1 is 0.897 bits per heavy atom. The molecule has 0 unspecified atom stereocenters. The van der Waals surface area contributed by atoms with E-state index in [0.717, 1.165) is 48.1 Å². The molecule has 1 heterocycles. The van der Waals surface area contributed by atoms with Crippen LogP contribution in [0.2, 0.25) is 0 Å². The van der Waals surface area contributed by atoms with Crippen molar-refractivity contribution in [1.82, 2.24) is 10.2 Å². The van der Waals surface area contributed by atoms with Gasteiger partial charge in [-0.1, -0.05) is 42.5 Å². The fourth-order valence-corrected chi connectivity index (χ4v) is 3.92. The Labute approximate surface area is 166 Å². The second-order valence-electron chi connectivity index (χ2n) is 7.02. The molecule has 0 radical (unpaired) electrons. The van der Waals surface area contributed by atoms with E-state index in [2.05, 4.69) is 15.0 Å². The lowest BCUT2D eigenvalue weighted by Gasteiger charge is -2.36. The molecule has 3 aromatic rings. The number of aromatic hydroxyl groups is 1. The molecule has 0 aliphatic carbocycles. The summed E-state index contributed by atoms with van der Waals surface area (Å²) in [5.41, 5.74) is 1.88. The maximum Gasteiger partial charge on any atom is 0.573 e. The SMILES string of the molecule is Oc1ccc([C@@H](c2ccc(OC(F)(F)F)cc2)N2CCNCC2)c2ccccc12. The van der Waals surface area contributed by atoms with E-state index in [-0.39, 0.29) is 17.5 Å². The molecule has 7 heteroatoms. The van der Waals surface area contributed by atoms with Crippen molar-refractivity contribution in [2.75, 3.05) is 26.2 Å². The van der Waals surface area contributed by atoms with Crippen LogP contribution in [0.5, 0.6) is 11.5 Å². The molecular formula is C22H21F3N2O2. The topological polar surface area (TPSA) is 44.7 Å². The minimum absolute atomic E-state index is 0.150. The van der Waals surface area contributed by atoms with Crippen LogP contribution in [-0.2, 0) is 0 Å². The molecule has 152 valence electrons. The van der Waals surface area contributed by atoms with E-state index in [1.165, 1.54) is 12.1 Å². The Morgan fingerprint density at radius 2 is 1.55 bits per heavy atom. The Bertz CT molecular complexity index is 984. The number of nitrogens with zero attached hydrogens (tertiary/aromatic N) is 1. The van der Waals surface area contributed by atoms with Crippen LogP contribution in [-0.4, -0.2) is 42.5 Å². The van der Waals surface area contributed by atoms with Crippen LogP contribution in [0.3, 0.4) is 0 Å². The second kappa shape index (κ2) is 7.93. The number of hydrogen-bond donors (Lipinski definition) is 2. The molecule has 1 saturated heterocycles. The van der Waals surface area contributed by atoms with Crippen molar-refractivity contribution < 1.29 is 23.0 Å². The average molecular weight is 402 g/mol. The van der Waals surface area contributed by atoms with Gasteiger partial charge in [-0.3, -0.25) is 4.90 Å². The zero-order valence-corrected chi connectivity index (χ0v) is 15.6. The number of hydrogen-bond acceptors (Lipinski definition) is 4. The molecule has 0 aromatic heterocycles. The number of benzene rings is 3. The summed E-state index contributed by atoms with van der Waals surface area (Å²) in [5, 5.41) is 15.3. The number of halogens is 3. The maximum absolute atomic E-state index is 12.5.